The first-order valence-corrected chi connectivity index (χ1v) is 8.59. The van der Waals surface area contributed by atoms with E-state index < -0.39 is 0 Å². The molecule has 0 aromatic rings. The van der Waals surface area contributed by atoms with Crippen molar-refractivity contribution in [1.82, 2.24) is 4.90 Å². The summed E-state index contributed by atoms with van der Waals surface area (Å²) in [5, 5.41) is 0. The molecule has 0 aliphatic rings. The Kier molecular flexibility index (Phi) is 14.7. The van der Waals surface area contributed by atoms with Crippen molar-refractivity contribution in [3.8, 4) is 0 Å². The van der Waals surface area contributed by atoms with Crippen molar-refractivity contribution in [2.75, 3.05) is 39.3 Å². The fourth-order valence-corrected chi connectivity index (χ4v) is 2.54. The molecule has 0 amide bonds. The Morgan fingerprint density at radius 3 is 1.26 bits per heavy atom. The Morgan fingerprint density at radius 2 is 1.16 bits per heavy atom. The zero-order valence-corrected chi connectivity index (χ0v) is 15.5. The second-order valence-corrected chi connectivity index (χ2v) is 5.89. The minimum atomic E-state index is 0.615. The van der Waals surface area contributed by atoms with Gasteiger partial charge in [-0.15, -0.1) is 0 Å². The van der Waals surface area contributed by atoms with E-state index >= 15 is 0 Å². The van der Waals surface area contributed by atoms with Crippen molar-refractivity contribution < 1.29 is 4.48 Å². The van der Waals surface area contributed by atoms with Crippen molar-refractivity contribution in [3.05, 3.63) is 0 Å². The molecule has 0 aromatic carbocycles. The van der Waals surface area contributed by atoms with E-state index in [1.165, 1.54) is 30.7 Å². The third-order valence-corrected chi connectivity index (χ3v) is 4.44. The van der Waals surface area contributed by atoms with Crippen LogP contribution in [0.15, 0.2) is 0 Å². The molecule has 0 aliphatic heterocycles. The van der Waals surface area contributed by atoms with E-state index in [9.17, 15) is 0 Å². The lowest BCUT2D eigenvalue weighted by Crippen LogP contribution is -2.47. The lowest BCUT2D eigenvalue weighted by Gasteiger charge is -2.34. The Hall–Kier alpha value is 0.0700. The van der Waals surface area contributed by atoms with E-state index in [1.807, 2.05) is 0 Å². The summed E-state index contributed by atoms with van der Waals surface area (Å²) in [5.41, 5.74) is 0. The molecular formula is C15H34N2S2. The van der Waals surface area contributed by atoms with Crippen LogP contribution in [0.2, 0.25) is 0 Å². The van der Waals surface area contributed by atoms with Gasteiger partial charge in [0.15, 0.2) is 0 Å². The van der Waals surface area contributed by atoms with Gasteiger partial charge in [-0.25, -0.2) is 0 Å². The highest BCUT2D eigenvalue weighted by atomic mass is 32.1. The maximum absolute atomic E-state index is 4.89. The molecule has 2 nitrogen and oxygen atoms in total. The summed E-state index contributed by atoms with van der Waals surface area (Å²) < 4.78 is 1.89. The van der Waals surface area contributed by atoms with Gasteiger partial charge in [0.1, 0.15) is 0 Å². The van der Waals surface area contributed by atoms with Gasteiger partial charge in [0.25, 0.3) is 0 Å². The summed E-state index contributed by atoms with van der Waals surface area (Å²) in [6.07, 6.45) is 2.24. The summed E-state index contributed by atoms with van der Waals surface area (Å²) in [7, 11) is 0. The largest absolute Gasteiger partial charge is 0.411 e. The second-order valence-electron chi connectivity index (χ2n) is 4.86. The van der Waals surface area contributed by atoms with Crippen LogP contribution in [0.3, 0.4) is 0 Å². The molecule has 0 bridgehead atoms. The number of rotatable bonds is 8. The molecule has 0 radical (unpaired) electrons. The minimum Gasteiger partial charge on any atom is -0.411 e. The molecule has 0 unspecified atom stereocenters. The Labute approximate surface area is 132 Å². The molecular weight excluding hydrogens is 272 g/mol. The van der Waals surface area contributed by atoms with Crippen molar-refractivity contribution in [3.63, 3.8) is 0 Å². The quantitative estimate of drug-likeness (QED) is 0.381. The summed E-state index contributed by atoms with van der Waals surface area (Å²) in [6.45, 7) is 20.5. The topological polar surface area (TPSA) is 3.24 Å². The molecule has 19 heavy (non-hydrogen) atoms. The maximum atomic E-state index is 4.89. The van der Waals surface area contributed by atoms with Crippen LogP contribution in [-0.2, 0) is 12.6 Å². The summed E-state index contributed by atoms with van der Waals surface area (Å²) in [4.78, 5) is 2.07. The number of hydrogen-bond acceptors (Lipinski definition) is 2. The van der Waals surface area contributed by atoms with E-state index in [1.54, 1.807) is 0 Å². The molecule has 0 spiro atoms. The van der Waals surface area contributed by atoms with Crippen molar-refractivity contribution in [2.45, 2.75) is 54.4 Å². The van der Waals surface area contributed by atoms with E-state index in [-0.39, 0.29) is 0 Å². The Balaban J connectivity index is 0. The van der Waals surface area contributed by atoms with Gasteiger partial charge in [-0.3, -0.25) is 0 Å². The van der Waals surface area contributed by atoms with Gasteiger partial charge in [0, 0.05) is 13.1 Å². The Bertz CT molecular complexity index is 193. The smallest absolute Gasteiger partial charge is 0.0757 e. The van der Waals surface area contributed by atoms with Crippen LogP contribution in [0.5, 0.6) is 0 Å². The van der Waals surface area contributed by atoms with E-state index in [2.05, 4.69) is 46.4 Å². The van der Waals surface area contributed by atoms with Gasteiger partial charge in [-0.05, 0) is 40.5 Å². The fourth-order valence-electron chi connectivity index (χ4n) is 2.18. The standard InChI is InChI=1S/C8H20N.C7H15NS2/c1-5-9(6-2,7-3)8-4;1-3-5-8(6-4-2)7(9)10/h5-8H2,1-4H3;3-6H2,1-2H3,(H,9,10)/q+1;/p-1. The van der Waals surface area contributed by atoms with Gasteiger partial charge in [0.05, 0.1) is 26.2 Å². The molecule has 0 rings (SSSR count). The van der Waals surface area contributed by atoms with Gasteiger partial charge in [0.2, 0.25) is 0 Å². The normalized spacial score (nSPS) is 10.6. The van der Waals surface area contributed by atoms with Crippen LogP contribution in [-0.4, -0.2) is 53.0 Å². The van der Waals surface area contributed by atoms with Crippen LogP contribution in [0.25, 0.3) is 0 Å². The molecule has 0 saturated carbocycles. The third-order valence-electron chi connectivity index (χ3n) is 3.93. The molecule has 0 fully saturated rings. The van der Waals surface area contributed by atoms with E-state index in [0.29, 0.717) is 4.32 Å². The molecule has 0 heterocycles. The average Bonchev–Trinajstić information content (AvgIpc) is 2.42. The van der Waals surface area contributed by atoms with Gasteiger partial charge in [-0.1, -0.05) is 18.2 Å². The predicted molar refractivity (Wildman–Crippen MR) is 94.5 cm³/mol. The number of hydrogen-bond donors (Lipinski definition) is 0. The molecule has 0 atom stereocenters. The zero-order valence-electron chi connectivity index (χ0n) is 13.9. The van der Waals surface area contributed by atoms with Crippen molar-refractivity contribution in [1.29, 1.82) is 0 Å². The number of quaternary nitrogens is 1. The zero-order chi connectivity index (χ0) is 15.3. The highest BCUT2D eigenvalue weighted by molar-refractivity contribution is 8.00. The van der Waals surface area contributed by atoms with Crippen LogP contribution < -0.4 is 0 Å². The average molecular weight is 307 g/mol. The minimum absolute atomic E-state index is 0.615. The van der Waals surface area contributed by atoms with E-state index in [4.69, 9.17) is 24.8 Å². The molecule has 0 saturated heterocycles. The first-order chi connectivity index (χ1) is 8.96. The first kappa shape index (κ1) is 21.4. The highest BCUT2D eigenvalue weighted by Gasteiger charge is 2.16. The summed E-state index contributed by atoms with van der Waals surface area (Å²) >= 11 is 9.78. The second kappa shape index (κ2) is 13.1. The number of thiocarbonyl (C=S) groups is 1. The van der Waals surface area contributed by atoms with Crippen molar-refractivity contribution >= 4 is 29.2 Å². The predicted octanol–water partition coefficient (Wildman–Crippen LogP) is 3.82. The molecule has 116 valence electrons. The molecule has 0 aliphatic carbocycles. The Morgan fingerprint density at radius 1 is 0.842 bits per heavy atom. The van der Waals surface area contributed by atoms with Crippen LogP contribution in [0.4, 0.5) is 0 Å². The van der Waals surface area contributed by atoms with Crippen LogP contribution in [0, 0.1) is 0 Å². The maximum Gasteiger partial charge on any atom is 0.0757 e. The van der Waals surface area contributed by atoms with Crippen molar-refractivity contribution in [2.24, 2.45) is 0 Å². The monoisotopic (exact) mass is 306 g/mol. The number of nitrogens with zero attached hydrogens (tertiary/aromatic N) is 2. The summed E-state index contributed by atoms with van der Waals surface area (Å²) in [6, 6.07) is 0. The third kappa shape index (κ3) is 9.58. The fraction of sp³-hybridized carbons (Fsp3) is 0.933. The van der Waals surface area contributed by atoms with Gasteiger partial charge >= 0.3 is 0 Å². The molecule has 4 heteroatoms. The molecule has 0 aromatic heterocycles. The molecule has 0 N–H and O–H groups in total. The lowest BCUT2D eigenvalue weighted by atomic mass is 10.3. The summed E-state index contributed by atoms with van der Waals surface area (Å²) in [5.74, 6) is 0. The van der Waals surface area contributed by atoms with Gasteiger partial charge < -0.3 is 34.2 Å². The van der Waals surface area contributed by atoms with E-state index in [0.717, 1.165) is 25.9 Å². The van der Waals surface area contributed by atoms with Crippen LogP contribution in [0.1, 0.15) is 54.4 Å². The first-order valence-electron chi connectivity index (χ1n) is 7.77. The highest BCUT2D eigenvalue weighted by Crippen LogP contribution is 2.03. The lowest BCUT2D eigenvalue weighted by molar-refractivity contribution is -0.921. The van der Waals surface area contributed by atoms with Crippen LogP contribution >= 0.6 is 12.2 Å². The van der Waals surface area contributed by atoms with Gasteiger partial charge in [-0.2, -0.15) is 0 Å². The SMILES string of the molecule is CCCN(CCC)C(=S)[S-].CC[N+](CC)(CC)CC.